The molecule has 3 heterocycles. The highest BCUT2D eigenvalue weighted by Crippen LogP contribution is 2.41. The molecule has 14 aromatic rings. The van der Waals surface area contributed by atoms with Crippen LogP contribution in [0.1, 0.15) is 0 Å². The number of nitrogens with zero attached hydrogens (tertiary/aromatic N) is 4. The number of para-hydroxylation sites is 1. The minimum absolute atomic E-state index is 0.644. The van der Waals surface area contributed by atoms with Gasteiger partial charge >= 0.3 is 0 Å². The molecular formula is C66H40N4O. The molecule has 0 saturated heterocycles. The van der Waals surface area contributed by atoms with E-state index in [-0.39, 0.29) is 0 Å². The van der Waals surface area contributed by atoms with E-state index in [1.165, 1.54) is 10.8 Å². The van der Waals surface area contributed by atoms with Crippen molar-refractivity contribution in [1.82, 2.24) is 19.9 Å². The first-order valence-corrected chi connectivity index (χ1v) is 23.9. The van der Waals surface area contributed by atoms with Gasteiger partial charge in [-0.15, -0.1) is 0 Å². The van der Waals surface area contributed by atoms with Gasteiger partial charge in [-0.2, -0.15) is 0 Å². The zero-order valence-corrected chi connectivity index (χ0v) is 38.3. The first kappa shape index (κ1) is 40.5. The van der Waals surface area contributed by atoms with Crippen molar-refractivity contribution in [2.45, 2.75) is 0 Å². The molecule has 0 radical (unpaired) electrons. The summed E-state index contributed by atoms with van der Waals surface area (Å²) in [7, 11) is 0. The predicted molar refractivity (Wildman–Crippen MR) is 293 cm³/mol. The highest BCUT2D eigenvalue weighted by molar-refractivity contribution is 6.13. The van der Waals surface area contributed by atoms with Gasteiger partial charge in [0.25, 0.3) is 0 Å². The van der Waals surface area contributed by atoms with E-state index >= 15 is 0 Å². The van der Waals surface area contributed by atoms with Gasteiger partial charge in [0.1, 0.15) is 11.2 Å². The van der Waals surface area contributed by atoms with Crippen LogP contribution in [0.3, 0.4) is 0 Å². The Morgan fingerprint density at radius 1 is 0.239 bits per heavy atom. The molecule has 0 bridgehead atoms. The summed E-state index contributed by atoms with van der Waals surface area (Å²) < 4.78 is 6.48. The largest absolute Gasteiger partial charge is 0.456 e. The Morgan fingerprint density at radius 2 is 0.606 bits per heavy atom. The molecule has 5 nitrogen and oxygen atoms in total. The maximum atomic E-state index is 6.48. The SMILES string of the molecule is c1ccc2cc(-c3cc(-c4cc(-c5cc(-c6ccc7ccccc7c6)nc(-c6ccc7ccccc7c6)n5)cc(-c5cccc6oc7ccccc7c56)c4)nc(-c4ccc5ccccc5c4)n3)ccc2c1. The minimum atomic E-state index is 0.644. The lowest BCUT2D eigenvalue weighted by Gasteiger charge is -2.15. The molecule has 3 aromatic heterocycles. The lowest BCUT2D eigenvalue weighted by Crippen LogP contribution is -1.98. The molecule has 0 saturated carbocycles. The second-order valence-corrected chi connectivity index (χ2v) is 18.2. The van der Waals surface area contributed by atoms with Gasteiger partial charge in [0.05, 0.1) is 22.8 Å². The van der Waals surface area contributed by atoms with Crippen LogP contribution >= 0.6 is 0 Å². The van der Waals surface area contributed by atoms with E-state index < -0.39 is 0 Å². The number of aromatic nitrogens is 4. The smallest absolute Gasteiger partial charge is 0.160 e. The summed E-state index contributed by atoms with van der Waals surface area (Å²) in [6.07, 6.45) is 0. The first-order chi connectivity index (χ1) is 35.1. The van der Waals surface area contributed by atoms with Gasteiger partial charge in [-0.25, -0.2) is 19.9 Å². The average Bonchev–Trinajstić information content (AvgIpc) is 3.83. The van der Waals surface area contributed by atoms with Crippen molar-refractivity contribution in [1.29, 1.82) is 0 Å². The van der Waals surface area contributed by atoms with Crippen molar-refractivity contribution in [3.05, 3.63) is 243 Å². The topological polar surface area (TPSA) is 64.7 Å². The predicted octanol–water partition coefficient (Wildman–Crippen LogP) is 17.4. The van der Waals surface area contributed by atoms with Gasteiger partial charge < -0.3 is 4.42 Å². The van der Waals surface area contributed by atoms with Crippen molar-refractivity contribution < 1.29 is 4.42 Å². The molecular weight excluding hydrogens is 865 g/mol. The Balaban J connectivity index is 1.03. The van der Waals surface area contributed by atoms with E-state index in [1.54, 1.807) is 0 Å². The summed E-state index contributed by atoms with van der Waals surface area (Å²) in [6, 6.07) is 85.4. The molecule has 330 valence electrons. The van der Waals surface area contributed by atoms with Crippen LogP contribution in [0, 0.1) is 0 Å². The van der Waals surface area contributed by atoms with Crippen molar-refractivity contribution in [3.8, 4) is 78.9 Å². The zero-order valence-electron chi connectivity index (χ0n) is 38.3. The number of hydrogen-bond acceptors (Lipinski definition) is 5. The van der Waals surface area contributed by atoms with Crippen LogP contribution < -0.4 is 0 Å². The molecule has 0 unspecified atom stereocenters. The van der Waals surface area contributed by atoms with Gasteiger partial charge in [0.2, 0.25) is 0 Å². The normalized spacial score (nSPS) is 11.7. The fraction of sp³-hybridized carbons (Fsp3) is 0. The summed E-state index contributed by atoms with van der Waals surface area (Å²) in [4.78, 5) is 21.6. The molecule has 5 heteroatoms. The highest BCUT2D eigenvalue weighted by atomic mass is 16.3. The molecule has 0 fully saturated rings. The fourth-order valence-corrected chi connectivity index (χ4v) is 10.2. The number of furan rings is 1. The van der Waals surface area contributed by atoms with E-state index in [4.69, 9.17) is 24.4 Å². The monoisotopic (exact) mass is 904 g/mol. The molecule has 0 aliphatic rings. The molecule has 11 aromatic carbocycles. The van der Waals surface area contributed by atoms with Crippen LogP contribution in [0.4, 0.5) is 0 Å². The Morgan fingerprint density at radius 3 is 1.08 bits per heavy atom. The Hall–Kier alpha value is -9.58. The minimum Gasteiger partial charge on any atom is -0.456 e. The summed E-state index contributed by atoms with van der Waals surface area (Å²) in [5, 5.41) is 11.3. The molecule has 0 aliphatic carbocycles. The quantitative estimate of drug-likeness (QED) is 0.159. The lowest BCUT2D eigenvalue weighted by atomic mass is 9.93. The summed E-state index contributed by atoms with van der Waals surface area (Å²) >= 11 is 0. The van der Waals surface area contributed by atoms with Gasteiger partial charge in [-0.3, -0.25) is 0 Å². The van der Waals surface area contributed by atoms with Crippen molar-refractivity contribution >= 4 is 65.0 Å². The summed E-state index contributed by atoms with van der Waals surface area (Å²) in [5.41, 5.74) is 12.7. The van der Waals surface area contributed by atoms with E-state index in [1.807, 2.05) is 12.1 Å². The molecule has 0 aliphatic heterocycles. The fourth-order valence-electron chi connectivity index (χ4n) is 10.2. The van der Waals surface area contributed by atoms with Gasteiger partial charge in [-0.1, -0.05) is 176 Å². The van der Waals surface area contributed by atoms with Gasteiger partial charge in [0, 0.05) is 44.2 Å². The van der Waals surface area contributed by atoms with E-state index in [9.17, 15) is 0 Å². The van der Waals surface area contributed by atoms with Crippen LogP contribution in [0.2, 0.25) is 0 Å². The van der Waals surface area contributed by atoms with Crippen molar-refractivity contribution in [2.75, 3.05) is 0 Å². The van der Waals surface area contributed by atoms with Gasteiger partial charge in [-0.05, 0) is 121 Å². The van der Waals surface area contributed by atoms with Crippen LogP contribution in [-0.2, 0) is 0 Å². The van der Waals surface area contributed by atoms with Crippen LogP contribution in [-0.4, -0.2) is 19.9 Å². The summed E-state index contributed by atoms with van der Waals surface area (Å²) in [5.74, 6) is 1.29. The zero-order chi connectivity index (χ0) is 46.8. The Kier molecular flexibility index (Phi) is 9.46. The summed E-state index contributed by atoms with van der Waals surface area (Å²) in [6.45, 7) is 0. The molecule has 71 heavy (non-hydrogen) atoms. The van der Waals surface area contributed by atoms with Crippen LogP contribution in [0.15, 0.2) is 247 Å². The molecule has 0 spiro atoms. The third-order valence-corrected chi connectivity index (χ3v) is 13.8. The van der Waals surface area contributed by atoms with Crippen molar-refractivity contribution in [2.24, 2.45) is 0 Å². The van der Waals surface area contributed by atoms with E-state index in [2.05, 4.69) is 231 Å². The molecule has 0 atom stereocenters. The first-order valence-electron chi connectivity index (χ1n) is 23.9. The van der Waals surface area contributed by atoms with Crippen molar-refractivity contribution in [3.63, 3.8) is 0 Å². The third kappa shape index (κ3) is 7.36. The molecule has 0 N–H and O–H groups in total. The number of rotatable bonds is 7. The molecule has 14 rings (SSSR count). The van der Waals surface area contributed by atoms with Crippen LogP contribution in [0.5, 0.6) is 0 Å². The van der Waals surface area contributed by atoms with Gasteiger partial charge in [0.15, 0.2) is 11.6 Å². The molecule has 0 amide bonds. The Labute approximate surface area is 409 Å². The second kappa shape index (κ2) is 16.6. The Bertz CT molecular complexity index is 4020. The average molecular weight is 905 g/mol. The lowest BCUT2D eigenvalue weighted by molar-refractivity contribution is 0.669. The highest BCUT2D eigenvalue weighted by Gasteiger charge is 2.19. The maximum Gasteiger partial charge on any atom is 0.160 e. The third-order valence-electron chi connectivity index (χ3n) is 13.8. The standard InChI is InChI=1S/C66H40N4O/c1-5-16-45-32-49(28-24-41(45)12-1)58-39-60(69-65(67-58)51-30-26-43-14-3-7-18-47(43)34-51)54-36-53(56-21-11-23-63-64(56)57-20-9-10-22-62(57)71-63)37-55(38-54)61-40-59(50-29-25-42-13-2-6-17-46(42)33-50)68-66(70-61)52-31-27-44-15-4-8-19-48(44)35-52/h1-40H. The second-order valence-electron chi connectivity index (χ2n) is 18.2. The number of fused-ring (bicyclic) bond motifs is 7. The van der Waals surface area contributed by atoms with E-state index in [0.717, 1.165) is 122 Å². The van der Waals surface area contributed by atoms with E-state index in [0.29, 0.717) is 11.6 Å². The van der Waals surface area contributed by atoms with Crippen LogP contribution in [0.25, 0.3) is 144 Å². The number of benzene rings is 11. The number of hydrogen-bond donors (Lipinski definition) is 0. The maximum absolute atomic E-state index is 6.48.